The highest BCUT2D eigenvalue weighted by molar-refractivity contribution is 5.06. The van der Waals surface area contributed by atoms with Gasteiger partial charge in [0.1, 0.15) is 6.61 Å². The van der Waals surface area contributed by atoms with Crippen LogP contribution in [0, 0.1) is 0 Å². The Balaban J connectivity index is 0. The highest BCUT2D eigenvalue weighted by Gasteiger charge is 2.01. The molecule has 0 aromatic carbocycles. The molecule has 86 valence electrons. The molecular formula is C12H27NO. The third kappa shape index (κ3) is 9.59. The van der Waals surface area contributed by atoms with Gasteiger partial charge >= 0.3 is 0 Å². The van der Waals surface area contributed by atoms with Gasteiger partial charge in [-0.25, -0.2) is 0 Å². The summed E-state index contributed by atoms with van der Waals surface area (Å²) in [6, 6.07) is 0. The van der Waals surface area contributed by atoms with E-state index in [9.17, 15) is 0 Å². The van der Waals surface area contributed by atoms with Crippen LogP contribution >= 0.6 is 0 Å². The van der Waals surface area contributed by atoms with Crippen molar-refractivity contribution in [3.05, 3.63) is 11.3 Å². The minimum atomic E-state index is 0.809. The highest BCUT2D eigenvalue weighted by atomic mass is 16.5. The monoisotopic (exact) mass is 201 g/mol. The zero-order valence-corrected chi connectivity index (χ0v) is 10.7. The Bertz CT molecular complexity index is 127. The molecule has 0 aliphatic carbocycles. The molecule has 2 nitrogen and oxygen atoms in total. The van der Waals surface area contributed by atoms with Crippen molar-refractivity contribution in [2.45, 2.75) is 48.0 Å². The first-order valence-corrected chi connectivity index (χ1v) is 5.72. The van der Waals surface area contributed by atoms with Crippen LogP contribution in [0.5, 0.6) is 0 Å². The second-order valence-corrected chi connectivity index (χ2v) is 3.07. The second kappa shape index (κ2) is 12.5. The van der Waals surface area contributed by atoms with Gasteiger partial charge in [-0.15, -0.1) is 0 Å². The summed E-state index contributed by atoms with van der Waals surface area (Å²) in [6.45, 7) is 15.1. The maximum atomic E-state index is 5.33. The number of rotatable bonds is 0. The van der Waals surface area contributed by atoms with Crippen LogP contribution in [0.1, 0.15) is 48.0 Å². The summed E-state index contributed by atoms with van der Waals surface area (Å²) >= 11 is 0. The fourth-order valence-electron chi connectivity index (χ4n) is 0.800. The van der Waals surface area contributed by atoms with E-state index in [4.69, 9.17) is 4.74 Å². The molecule has 2 heteroatoms. The predicted octanol–water partition coefficient (Wildman–Crippen LogP) is 3.34. The molecule has 1 rings (SSSR count). The fraction of sp³-hybridized carbons (Fsp3) is 0.833. The van der Waals surface area contributed by atoms with Crippen molar-refractivity contribution in [2.75, 3.05) is 19.7 Å². The van der Waals surface area contributed by atoms with E-state index in [1.54, 1.807) is 0 Å². The molecule has 0 atom stereocenters. The van der Waals surface area contributed by atoms with Crippen molar-refractivity contribution < 1.29 is 4.74 Å². The lowest BCUT2D eigenvalue weighted by Gasteiger charge is -2.01. The van der Waals surface area contributed by atoms with Gasteiger partial charge in [-0.3, -0.25) is 0 Å². The summed E-state index contributed by atoms with van der Waals surface area (Å²) in [7, 11) is 0. The topological polar surface area (TPSA) is 21.3 Å². The summed E-state index contributed by atoms with van der Waals surface area (Å²) in [6.07, 6.45) is 1.25. The molecule has 0 amide bonds. The predicted molar refractivity (Wildman–Crippen MR) is 64.5 cm³/mol. The van der Waals surface area contributed by atoms with Crippen molar-refractivity contribution >= 4 is 0 Å². The van der Waals surface area contributed by atoms with E-state index in [1.807, 2.05) is 20.8 Å². The first kappa shape index (κ1) is 15.9. The summed E-state index contributed by atoms with van der Waals surface area (Å²) in [5.74, 6) is 1.08. The molecule has 0 fully saturated rings. The van der Waals surface area contributed by atoms with Gasteiger partial charge in [-0.2, -0.15) is 0 Å². The molecule has 0 saturated heterocycles. The Hall–Kier alpha value is -0.500. The summed E-state index contributed by atoms with van der Waals surface area (Å²) < 4.78 is 5.33. The first-order chi connectivity index (χ1) is 6.72. The van der Waals surface area contributed by atoms with Crippen molar-refractivity contribution in [1.29, 1.82) is 0 Å². The van der Waals surface area contributed by atoms with Gasteiger partial charge in [0.15, 0.2) is 0 Å². The third-order valence-electron chi connectivity index (χ3n) is 1.59. The van der Waals surface area contributed by atoms with Gasteiger partial charge < -0.3 is 10.1 Å². The van der Waals surface area contributed by atoms with Crippen LogP contribution in [0.2, 0.25) is 0 Å². The third-order valence-corrected chi connectivity index (χ3v) is 1.59. The minimum Gasteiger partial charge on any atom is -0.497 e. The molecule has 1 aliphatic heterocycles. The van der Waals surface area contributed by atoms with Crippen LogP contribution in [0.15, 0.2) is 11.3 Å². The normalized spacial score (nSPS) is 15.3. The quantitative estimate of drug-likeness (QED) is 0.649. The average Bonchev–Trinajstić information content (AvgIpc) is 2.37. The van der Waals surface area contributed by atoms with Gasteiger partial charge in [0, 0.05) is 13.1 Å². The van der Waals surface area contributed by atoms with Crippen molar-refractivity contribution in [1.82, 2.24) is 5.32 Å². The van der Waals surface area contributed by atoms with E-state index in [-0.39, 0.29) is 0 Å². The number of nitrogens with one attached hydrogen (secondary N) is 1. The van der Waals surface area contributed by atoms with Crippen LogP contribution in [0.3, 0.4) is 0 Å². The summed E-state index contributed by atoms with van der Waals surface area (Å²) in [5.41, 5.74) is 1.31. The molecule has 1 heterocycles. The molecule has 0 aromatic rings. The Morgan fingerprint density at radius 1 is 1.21 bits per heavy atom. The lowest BCUT2D eigenvalue weighted by Crippen LogP contribution is -2.17. The summed E-state index contributed by atoms with van der Waals surface area (Å²) in [5, 5.41) is 3.24. The Morgan fingerprint density at radius 3 is 2.21 bits per heavy atom. The van der Waals surface area contributed by atoms with Gasteiger partial charge in [0.25, 0.3) is 0 Å². The number of hydrogen-bond donors (Lipinski definition) is 1. The van der Waals surface area contributed by atoms with Crippen LogP contribution < -0.4 is 5.32 Å². The second-order valence-electron chi connectivity index (χ2n) is 3.07. The van der Waals surface area contributed by atoms with Crippen molar-refractivity contribution in [3.8, 4) is 0 Å². The van der Waals surface area contributed by atoms with Gasteiger partial charge in [-0.1, -0.05) is 34.1 Å². The number of ether oxygens (including phenoxy) is 1. The van der Waals surface area contributed by atoms with E-state index in [0.717, 1.165) is 25.5 Å². The smallest absolute Gasteiger partial charge is 0.100 e. The molecule has 0 aromatic heterocycles. The first-order valence-electron chi connectivity index (χ1n) is 5.72. The minimum absolute atomic E-state index is 0.809. The van der Waals surface area contributed by atoms with Gasteiger partial charge in [-0.05, 0) is 19.4 Å². The van der Waals surface area contributed by atoms with E-state index in [2.05, 4.69) is 26.1 Å². The maximum absolute atomic E-state index is 5.33. The Morgan fingerprint density at radius 2 is 1.71 bits per heavy atom. The van der Waals surface area contributed by atoms with Crippen LogP contribution in [-0.2, 0) is 4.74 Å². The largest absolute Gasteiger partial charge is 0.497 e. The fourth-order valence-corrected chi connectivity index (χ4v) is 0.800. The Labute approximate surface area is 89.7 Å². The molecule has 0 bridgehead atoms. The molecule has 14 heavy (non-hydrogen) atoms. The average molecular weight is 201 g/mol. The van der Waals surface area contributed by atoms with Crippen LogP contribution in [-0.4, -0.2) is 19.7 Å². The standard InChI is InChI=1S/C7H13NO.C3H8.C2H6/c1-6-5-8-3-4-9-7(6)2;1-3-2;1-2/h8H,3-5H2,1-2H3;3H2,1-2H3;1-2H3. The molecule has 0 radical (unpaired) electrons. The SMILES string of the molecule is CC.CC1=C(C)OCCNC1.CCC. The Kier molecular flexibility index (Phi) is 14.2. The molecular weight excluding hydrogens is 174 g/mol. The lowest BCUT2D eigenvalue weighted by molar-refractivity contribution is 0.221. The number of hydrogen-bond acceptors (Lipinski definition) is 2. The molecule has 1 aliphatic rings. The van der Waals surface area contributed by atoms with Crippen molar-refractivity contribution in [2.24, 2.45) is 0 Å². The van der Waals surface area contributed by atoms with Crippen LogP contribution in [0.25, 0.3) is 0 Å². The molecule has 0 saturated carbocycles. The zero-order chi connectivity index (χ0) is 11.4. The lowest BCUT2D eigenvalue weighted by atomic mass is 10.3. The maximum Gasteiger partial charge on any atom is 0.100 e. The van der Waals surface area contributed by atoms with Crippen LogP contribution in [0.4, 0.5) is 0 Å². The van der Waals surface area contributed by atoms with E-state index < -0.39 is 0 Å². The van der Waals surface area contributed by atoms with E-state index >= 15 is 0 Å². The van der Waals surface area contributed by atoms with Gasteiger partial charge in [0.2, 0.25) is 0 Å². The highest BCUT2D eigenvalue weighted by Crippen LogP contribution is 2.05. The molecule has 1 N–H and O–H groups in total. The molecule has 0 spiro atoms. The van der Waals surface area contributed by atoms with Gasteiger partial charge in [0.05, 0.1) is 5.76 Å². The van der Waals surface area contributed by atoms with E-state index in [0.29, 0.717) is 0 Å². The zero-order valence-electron chi connectivity index (χ0n) is 10.7. The van der Waals surface area contributed by atoms with Crippen molar-refractivity contribution in [3.63, 3.8) is 0 Å². The van der Waals surface area contributed by atoms with E-state index in [1.165, 1.54) is 12.0 Å². The molecule has 0 unspecified atom stereocenters. The number of allylic oxidation sites excluding steroid dienone is 1. The summed E-state index contributed by atoms with van der Waals surface area (Å²) in [4.78, 5) is 0.